The lowest BCUT2D eigenvalue weighted by atomic mass is 10.2. The molecule has 2 aromatic heterocycles. The van der Waals surface area contributed by atoms with E-state index in [-0.39, 0.29) is 0 Å². The summed E-state index contributed by atoms with van der Waals surface area (Å²) in [5.74, 6) is 1.48. The highest BCUT2D eigenvalue weighted by Gasteiger charge is 2.05. The van der Waals surface area contributed by atoms with Gasteiger partial charge in [-0.05, 0) is 30.7 Å². The van der Waals surface area contributed by atoms with Crippen LogP contribution in [0, 0.1) is 6.92 Å². The zero-order valence-corrected chi connectivity index (χ0v) is 10.00. The Balaban J connectivity index is 2.06. The van der Waals surface area contributed by atoms with Crippen LogP contribution >= 0.6 is 0 Å². The van der Waals surface area contributed by atoms with Crippen molar-refractivity contribution in [3.63, 3.8) is 0 Å². The molecule has 0 atom stereocenters. The van der Waals surface area contributed by atoms with Crippen LogP contribution in [0.25, 0.3) is 5.65 Å². The second kappa shape index (κ2) is 4.07. The quantitative estimate of drug-likeness (QED) is 0.699. The van der Waals surface area contributed by atoms with Gasteiger partial charge in [-0.15, -0.1) is 0 Å². The Morgan fingerprint density at radius 2 is 2.11 bits per heavy atom. The third-order valence-electron chi connectivity index (χ3n) is 2.82. The Morgan fingerprint density at radius 1 is 1.22 bits per heavy atom. The molecule has 4 nitrogen and oxygen atoms in total. The first-order chi connectivity index (χ1) is 8.74. The molecule has 3 aromatic rings. The molecule has 90 valence electrons. The molecule has 0 amide bonds. The zero-order chi connectivity index (χ0) is 12.5. The molecule has 2 N–H and O–H groups in total. The third-order valence-corrected chi connectivity index (χ3v) is 2.82. The van der Waals surface area contributed by atoms with Gasteiger partial charge in [0.1, 0.15) is 11.4 Å². The lowest BCUT2D eigenvalue weighted by Gasteiger charge is -2.10. The van der Waals surface area contributed by atoms with Gasteiger partial charge in [-0.3, -0.25) is 4.40 Å². The van der Waals surface area contributed by atoms with Crippen LogP contribution in [0.4, 0.5) is 5.69 Å². The smallest absolute Gasteiger partial charge is 0.205 e. The van der Waals surface area contributed by atoms with Crippen LogP contribution in [0.5, 0.6) is 11.6 Å². The van der Waals surface area contributed by atoms with Crippen LogP contribution < -0.4 is 10.5 Å². The number of nitrogen functional groups attached to an aromatic ring is 1. The molecule has 0 fully saturated rings. The predicted octanol–water partition coefficient (Wildman–Crippen LogP) is 3.02. The first-order valence-corrected chi connectivity index (χ1v) is 5.70. The molecule has 1 aromatic carbocycles. The standard InChI is InChI=1S/C14H13N3O/c1-10-5-6-11(15)9-12(10)18-14-4-2-3-13-16-7-8-17(13)14/h2-9H,15H2,1H3. The minimum Gasteiger partial charge on any atom is -0.440 e. The van der Waals surface area contributed by atoms with Crippen molar-refractivity contribution in [1.82, 2.24) is 9.38 Å². The normalized spacial score (nSPS) is 10.7. The largest absolute Gasteiger partial charge is 0.440 e. The highest BCUT2D eigenvalue weighted by Crippen LogP contribution is 2.27. The summed E-state index contributed by atoms with van der Waals surface area (Å²) in [6.45, 7) is 1.99. The minimum absolute atomic E-state index is 0.688. The van der Waals surface area contributed by atoms with Crippen molar-refractivity contribution in [3.8, 4) is 11.6 Å². The summed E-state index contributed by atoms with van der Waals surface area (Å²) in [6, 6.07) is 11.4. The highest BCUT2D eigenvalue weighted by atomic mass is 16.5. The molecule has 0 bridgehead atoms. The van der Waals surface area contributed by atoms with Crippen LogP contribution in [0.3, 0.4) is 0 Å². The van der Waals surface area contributed by atoms with Gasteiger partial charge in [0.05, 0.1) is 0 Å². The van der Waals surface area contributed by atoms with Crippen molar-refractivity contribution in [3.05, 3.63) is 54.4 Å². The average Bonchev–Trinajstić information content (AvgIpc) is 2.83. The molecular formula is C14H13N3O. The number of fused-ring (bicyclic) bond motifs is 1. The highest BCUT2D eigenvalue weighted by molar-refractivity contribution is 5.50. The van der Waals surface area contributed by atoms with Crippen LogP contribution in [-0.4, -0.2) is 9.38 Å². The lowest BCUT2D eigenvalue weighted by molar-refractivity contribution is 0.453. The molecule has 4 heteroatoms. The van der Waals surface area contributed by atoms with Crippen molar-refractivity contribution >= 4 is 11.3 Å². The van der Waals surface area contributed by atoms with Crippen molar-refractivity contribution in [2.24, 2.45) is 0 Å². The number of hydrogen-bond acceptors (Lipinski definition) is 3. The van der Waals surface area contributed by atoms with Gasteiger partial charge in [-0.1, -0.05) is 12.1 Å². The number of hydrogen-bond donors (Lipinski definition) is 1. The number of anilines is 1. The summed E-state index contributed by atoms with van der Waals surface area (Å²) in [7, 11) is 0. The molecular weight excluding hydrogens is 226 g/mol. The lowest BCUT2D eigenvalue weighted by Crippen LogP contribution is -1.95. The van der Waals surface area contributed by atoms with E-state index < -0.39 is 0 Å². The van der Waals surface area contributed by atoms with Gasteiger partial charge >= 0.3 is 0 Å². The summed E-state index contributed by atoms with van der Waals surface area (Å²) in [5, 5.41) is 0. The summed E-state index contributed by atoms with van der Waals surface area (Å²) < 4.78 is 7.80. The summed E-state index contributed by atoms with van der Waals surface area (Å²) in [5.41, 5.74) is 8.36. The molecule has 0 aliphatic heterocycles. The van der Waals surface area contributed by atoms with Crippen LogP contribution in [0.15, 0.2) is 48.8 Å². The number of ether oxygens (including phenoxy) is 1. The third kappa shape index (κ3) is 1.78. The first kappa shape index (κ1) is 10.7. The number of benzene rings is 1. The molecule has 3 rings (SSSR count). The Bertz CT molecular complexity index is 703. The molecule has 0 aliphatic rings. The van der Waals surface area contributed by atoms with E-state index in [9.17, 15) is 0 Å². The summed E-state index contributed by atoms with van der Waals surface area (Å²) >= 11 is 0. The van der Waals surface area contributed by atoms with Gasteiger partial charge in [0.15, 0.2) is 0 Å². The molecule has 2 heterocycles. The fourth-order valence-corrected chi connectivity index (χ4v) is 1.84. The van der Waals surface area contributed by atoms with E-state index in [2.05, 4.69) is 4.98 Å². The van der Waals surface area contributed by atoms with Crippen LogP contribution in [0.1, 0.15) is 5.56 Å². The second-order valence-electron chi connectivity index (χ2n) is 4.15. The fourth-order valence-electron chi connectivity index (χ4n) is 1.84. The fraction of sp³-hybridized carbons (Fsp3) is 0.0714. The first-order valence-electron chi connectivity index (χ1n) is 5.70. The summed E-state index contributed by atoms with van der Waals surface area (Å²) in [6.07, 6.45) is 3.61. The number of pyridine rings is 1. The van der Waals surface area contributed by atoms with Gasteiger partial charge < -0.3 is 10.5 Å². The topological polar surface area (TPSA) is 52.5 Å². The molecule has 0 aliphatic carbocycles. The van der Waals surface area contributed by atoms with E-state index in [4.69, 9.17) is 10.5 Å². The van der Waals surface area contributed by atoms with E-state index in [1.807, 2.05) is 53.9 Å². The van der Waals surface area contributed by atoms with E-state index >= 15 is 0 Å². The molecule has 18 heavy (non-hydrogen) atoms. The molecule has 0 unspecified atom stereocenters. The Labute approximate surface area is 105 Å². The SMILES string of the molecule is Cc1ccc(N)cc1Oc1cccc2nccn12. The minimum atomic E-state index is 0.688. The molecule has 0 saturated heterocycles. The maximum atomic E-state index is 5.90. The number of aromatic nitrogens is 2. The second-order valence-corrected chi connectivity index (χ2v) is 4.15. The monoisotopic (exact) mass is 239 g/mol. The van der Waals surface area contributed by atoms with Gasteiger partial charge in [0.2, 0.25) is 5.88 Å². The van der Waals surface area contributed by atoms with E-state index in [0.717, 1.165) is 22.8 Å². The van der Waals surface area contributed by atoms with E-state index in [1.165, 1.54) is 0 Å². The van der Waals surface area contributed by atoms with Crippen LogP contribution in [-0.2, 0) is 0 Å². The van der Waals surface area contributed by atoms with Gasteiger partial charge in [0.25, 0.3) is 0 Å². The average molecular weight is 239 g/mol. The van der Waals surface area contributed by atoms with Crippen LogP contribution in [0.2, 0.25) is 0 Å². The number of aryl methyl sites for hydroxylation is 1. The number of imidazole rings is 1. The number of rotatable bonds is 2. The van der Waals surface area contributed by atoms with Gasteiger partial charge in [0, 0.05) is 24.1 Å². The summed E-state index contributed by atoms with van der Waals surface area (Å²) in [4.78, 5) is 4.22. The Kier molecular flexibility index (Phi) is 2.41. The Hall–Kier alpha value is -2.49. The zero-order valence-electron chi connectivity index (χ0n) is 10.00. The number of nitrogens with two attached hydrogens (primary N) is 1. The molecule has 0 spiro atoms. The molecule has 0 radical (unpaired) electrons. The maximum Gasteiger partial charge on any atom is 0.205 e. The molecule has 0 saturated carbocycles. The van der Waals surface area contributed by atoms with Crippen molar-refractivity contribution in [2.75, 3.05) is 5.73 Å². The van der Waals surface area contributed by atoms with Gasteiger partial charge in [-0.25, -0.2) is 4.98 Å². The van der Waals surface area contributed by atoms with Crippen molar-refractivity contribution < 1.29 is 4.74 Å². The Morgan fingerprint density at radius 3 is 3.00 bits per heavy atom. The van der Waals surface area contributed by atoms with Gasteiger partial charge in [-0.2, -0.15) is 0 Å². The van der Waals surface area contributed by atoms with E-state index in [1.54, 1.807) is 6.20 Å². The number of nitrogens with zero attached hydrogens (tertiary/aromatic N) is 2. The van der Waals surface area contributed by atoms with E-state index in [0.29, 0.717) is 5.69 Å². The predicted molar refractivity (Wildman–Crippen MR) is 70.9 cm³/mol. The maximum absolute atomic E-state index is 5.90. The van der Waals surface area contributed by atoms with Crippen molar-refractivity contribution in [2.45, 2.75) is 6.92 Å². The van der Waals surface area contributed by atoms with Crippen molar-refractivity contribution in [1.29, 1.82) is 0 Å².